The highest BCUT2D eigenvalue weighted by Crippen LogP contribution is 2.36. The Morgan fingerprint density at radius 1 is 1.25 bits per heavy atom. The fourth-order valence-electron chi connectivity index (χ4n) is 3.30. The second-order valence-corrected chi connectivity index (χ2v) is 9.04. The molecule has 0 radical (unpaired) electrons. The maximum Gasteiger partial charge on any atom is 0.269 e. The first-order valence-electron chi connectivity index (χ1n) is 10.0. The van der Waals surface area contributed by atoms with E-state index in [9.17, 15) is 14.0 Å². The molecule has 0 unspecified atom stereocenters. The zero-order valence-corrected chi connectivity index (χ0v) is 19.3. The molecule has 0 aliphatic carbocycles. The Labute approximate surface area is 193 Å². The summed E-state index contributed by atoms with van der Waals surface area (Å²) >= 11 is 6.50. The van der Waals surface area contributed by atoms with Crippen molar-refractivity contribution in [2.45, 2.75) is 33.2 Å². The predicted octanol–water partition coefficient (Wildman–Crippen LogP) is 4.93. The van der Waals surface area contributed by atoms with Gasteiger partial charge in [-0.2, -0.15) is 4.98 Å². The molecule has 0 N–H and O–H groups in total. The normalized spacial score (nSPS) is 16.2. The van der Waals surface area contributed by atoms with Crippen molar-refractivity contribution in [3.63, 3.8) is 0 Å². The van der Waals surface area contributed by atoms with Crippen LogP contribution in [0.2, 0.25) is 0 Å². The van der Waals surface area contributed by atoms with Gasteiger partial charge in [-0.25, -0.2) is 4.39 Å². The molecule has 1 amide bonds. The maximum absolute atomic E-state index is 14.3. The summed E-state index contributed by atoms with van der Waals surface area (Å²) in [5.41, 5.74) is 0.741. The smallest absolute Gasteiger partial charge is 0.269 e. The molecule has 1 fully saturated rings. The molecule has 1 aliphatic rings. The third kappa shape index (κ3) is 3.93. The van der Waals surface area contributed by atoms with Gasteiger partial charge in [0.2, 0.25) is 5.88 Å². The lowest BCUT2D eigenvalue weighted by atomic mass is 10.2. The highest BCUT2D eigenvalue weighted by molar-refractivity contribution is 8.26. The Balaban J connectivity index is 1.90. The van der Waals surface area contributed by atoms with Gasteiger partial charge >= 0.3 is 0 Å². The molecule has 0 saturated carbocycles. The minimum atomic E-state index is -0.590. The van der Waals surface area contributed by atoms with Gasteiger partial charge in [0.25, 0.3) is 11.5 Å². The van der Waals surface area contributed by atoms with Crippen molar-refractivity contribution in [2.75, 3.05) is 0 Å². The number of fused-ring (bicyclic) bond motifs is 1. The topological polar surface area (TPSA) is 63.9 Å². The van der Waals surface area contributed by atoms with E-state index < -0.39 is 11.4 Å². The van der Waals surface area contributed by atoms with Crippen molar-refractivity contribution >= 4 is 45.9 Å². The number of carbonyl (C=O) groups is 1. The van der Waals surface area contributed by atoms with Gasteiger partial charge in [0.05, 0.1) is 4.91 Å². The second-order valence-electron chi connectivity index (χ2n) is 7.36. The van der Waals surface area contributed by atoms with Gasteiger partial charge in [0, 0.05) is 12.2 Å². The van der Waals surface area contributed by atoms with E-state index in [0.29, 0.717) is 14.9 Å². The van der Waals surface area contributed by atoms with Crippen LogP contribution in [0.15, 0.2) is 52.3 Å². The first-order chi connectivity index (χ1) is 15.3. The first kappa shape index (κ1) is 22.2. The molecule has 1 aromatic carbocycles. The van der Waals surface area contributed by atoms with Gasteiger partial charge in [0.1, 0.15) is 15.5 Å². The van der Waals surface area contributed by atoms with Gasteiger partial charge < -0.3 is 4.74 Å². The van der Waals surface area contributed by atoms with E-state index in [-0.39, 0.29) is 29.1 Å². The van der Waals surface area contributed by atoms with Gasteiger partial charge in [-0.15, -0.1) is 0 Å². The number of carbonyl (C=O) groups excluding carboxylic acids is 1. The van der Waals surface area contributed by atoms with Crippen LogP contribution in [-0.2, 0) is 4.79 Å². The summed E-state index contributed by atoms with van der Waals surface area (Å²) in [5.74, 6) is -1.02. The number of thiocarbonyl (C=S) groups is 1. The highest BCUT2D eigenvalue weighted by atomic mass is 32.2. The molecule has 3 aromatic rings. The summed E-state index contributed by atoms with van der Waals surface area (Å²) in [4.78, 5) is 32.7. The van der Waals surface area contributed by atoms with Crippen LogP contribution < -0.4 is 10.3 Å². The van der Waals surface area contributed by atoms with Crippen molar-refractivity contribution in [3.8, 4) is 11.6 Å². The number of para-hydroxylation sites is 1. The molecular weight excluding hydrogens is 449 g/mol. The predicted molar refractivity (Wildman–Crippen MR) is 127 cm³/mol. The largest absolute Gasteiger partial charge is 0.435 e. The number of rotatable bonds is 5. The Morgan fingerprint density at radius 3 is 2.72 bits per heavy atom. The summed E-state index contributed by atoms with van der Waals surface area (Å²) in [5, 5.41) is 0. The Morgan fingerprint density at radius 2 is 2.00 bits per heavy atom. The number of benzene rings is 1. The van der Waals surface area contributed by atoms with Crippen molar-refractivity contribution in [3.05, 3.63) is 74.8 Å². The number of halogens is 1. The van der Waals surface area contributed by atoms with Gasteiger partial charge in [-0.1, -0.05) is 49.1 Å². The van der Waals surface area contributed by atoms with E-state index in [1.165, 1.54) is 28.7 Å². The molecule has 1 atom stereocenters. The Kier molecular flexibility index (Phi) is 6.12. The van der Waals surface area contributed by atoms with Crippen LogP contribution in [0.3, 0.4) is 0 Å². The number of aromatic nitrogens is 2. The number of ether oxygens (including phenoxy) is 1. The van der Waals surface area contributed by atoms with Crippen LogP contribution in [0.25, 0.3) is 11.7 Å². The van der Waals surface area contributed by atoms with E-state index in [4.69, 9.17) is 17.0 Å². The Bertz CT molecular complexity index is 1340. The number of pyridine rings is 1. The molecule has 1 aliphatic heterocycles. The molecule has 0 bridgehead atoms. The lowest BCUT2D eigenvalue weighted by Crippen LogP contribution is -2.36. The Hall–Kier alpha value is -3.04. The van der Waals surface area contributed by atoms with Crippen molar-refractivity contribution in [1.82, 2.24) is 14.3 Å². The first-order valence-corrected chi connectivity index (χ1v) is 11.3. The van der Waals surface area contributed by atoms with Crippen LogP contribution in [-0.4, -0.2) is 30.6 Å². The number of hydrogen-bond acceptors (Lipinski definition) is 6. The van der Waals surface area contributed by atoms with Crippen molar-refractivity contribution < 1.29 is 13.9 Å². The van der Waals surface area contributed by atoms with Gasteiger partial charge in [-0.3, -0.25) is 18.9 Å². The van der Waals surface area contributed by atoms with E-state index in [1.807, 2.05) is 26.8 Å². The summed E-state index contributed by atoms with van der Waals surface area (Å²) < 4.78 is 21.8. The minimum absolute atomic E-state index is 0.0426. The number of hydrogen-bond donors (Lipinski definition) is 0. The summed E-state index contributed by atoms with van der Waals surface area (Å²) in [7, 11) is 0. The minimum Gasteiger partial charge on any atom is -0.435 e. The van der Waals surface area contributed by atoms with Gasteiger partial charge in [-0.05, 0) is 50.1 Å². The van der Waals surface area contributed by atoms with Gasteiger partial charge in [0.15, 0.2) is 11.6 Å². The summed E-state index contributed by atoms with van der Waals surface area (Å²) in [6.07, 6.45) is 3.76. The van der Waals surface area contributed by atoms with Crippen molar-refractivity contribution in [1.29, 1.82) is 0 Å². The molecule has 6 nitrogen and oxygen atoms in total. The summed E-state index contributed by atoms with van der Waals surface area (Å²) in [6, 6.07) is 9.33. The standard InChI is InChI=1S/C23H20FN3O3S2/c1-4-14(3)27-22(29)18(32-23(27)31)12-15-20(30-17-10-6-5-9-16(17)24)25-19-13(2)8-7-11-26(19)21(15)28/h5-12,14H,4H2,1-3H3/b18-12-/t14-/m1/s1. The molecular formula is C23H20FN3O3S2. The van der Waals surface area contributed by atoms with Crippen LogP contribution >= 0.6 is 24.0 Å². The molecule has 3 heterocycles. The fraction of sp³-hybridized carbons (Fsp3) is 0.217. The molecule has 2 aromatic heterocycles. The second kappa shape index (κ2) is 8.84. The van der Waals surface area contributed by atoms with E-state index >= 15 is 0 Å². The lowest BCUT2D eigenvalue weighted by molar-refractivity contribution is -0.123. The molecule has 9 heteroatoms. The zero-order chi connectivity index (χ0) is 23.0. The SMILES string of the molecule is CC[C@@H](C)N1C(=O)/C(=C/c2c(Oc3ccccc3F)nc3c(C)cccn3c2=O)SC1=S. The van der Waals surface area contributed by atoms with Crippen molar-refractivity contribution in [2.24, 2.45) is 0 Å². The maximum atomic E-state index is 14.3. The molecule has 4 rings (SSSR count). The molecule has 1 saturated heterocycles. The fourth-order valence-corrected chi connectivity index (χ4v) is 4.74. The monoisotopic (exact) mass is 469 g/mol. The zero-order valence-electron chi connectivity index (χ0n) is 17.7. The van der Waals surface area contributed by atoms with Crippen LogP contribution in [0.1, 0.15) is 31.4 Å². The van der Waals surface area contributed by atoms with E-state index in [0.717, 1.165) is 23.7 Å². The third-order valence-electron chi connectivity index (χ3n) is 5.22. The van der Waals surface area contributed by atoms with Crippen LogP contribution in [0.4, 0.5) is 4.39 Å². The number of thioether (sulfide) groups is 1. The lowest BCUT2D eigenvalue weighted by Gasteiger charge is -2.21. The summed E-state index contributed by atoms with van der Waals surface area (Å²) in [6.45, 7) is 5.69. The number of nitrogens with zero attached hydrogens (tertiary/aromatic N) is 3. The average molecular weight is 470 g/mol. The number of aryl methyl sites for hydroxylation is 1. The third-order valence-corrected chi connectivity index (χ3v) is 6.55. The molecule has 0 spiro atoms. The number of amides is 1. The van der Waals surface area contributed by atoms with Crippen LogP contribution in [0.5, 0.6) is 11.6 Å². The molecule has 32 heavy (non-hydrogen) atoms. The quantitative estimate of drug-likeness (QED) is 0.390. The van der Waals surface area contributed by atoms with Crippen LogP contribution in [0, 0.1) is 12.7 Å². The van der Waals surface area contributed by atoms with E-state index in [1.54, 1.807) is 23.2 Å². The highest BCUT2D eigenvalue weighted by Gasteiger charge is 2.35. The molecule has 164 valence electrons. The average Bonchev–Trinajstić information content (AvgIpc) is 3.05. The van der Waals surface area contributed by atoms with E-state index in [2.05, 4.69) is 4.98 Å².